The Balaban J connectivity index is 1.84. The van der Waals surface area contributed by atoms with Crippen LogP contribution < -0.4 is 0 Å². The van der Waals surface area contributed by atoms with Crippen LogP contribution in [-0.2, 0) is 0 Å². The summed E-state index contributed by atoms with van der Waals surface area (Å²) in [4.78, 5) is 4.37. The fourth-order valence-corrected chi connectivity index (χ4v) is 2.11. The van der Waals surface area contributed by atoms with Crippen LogP contribution in [0.15, 0.2) is 48.7 Å². The second-order valence-corrected chi connectivity index (χ2v) is 4.92. The first-order chi connectivity index (χ1) is 10.2. The van der Waals surface area contributed by atoms with Gasteiger partial charge in [-0.1, -0.05) is 24.1 Å². The molecule has 3 rings (SSSR count). The fraction of sp³-hybridized carbons (Fsp3) is 0.111. The van der Waals surface area contributed by atoms with E-state index in [2.05, 4.69) is 27.0 Å². The molecule has 0 spiro atoms. The highest BCUT2D eigenvalue weighted by molar-refractivity contribution is 5.63. The number of nitrogens with zero attached hydrogens (tertiary/aromatic N) is 2. The van der Waals surface area contributed by atoms with E-state index in [1.807, 2.05) is 62.5 Å². The molecule has 0 atom stereocenters. The maximum Gasteiger partial charge on any atom is 0.113 e. The topological polar surface area (TPSA) is 41.6 Å². The van der Waals surface area contributed by atoms with Gasteiger partial charge in [0, 0.05) is 11.3 Å². The number of nitrogens with one attached hydrogen (secondary N) is 1. The predicted octanol–water partition coefficient (Wildman–Crippen LogP) is 3.49. The summed E-state index contributed by atoms with van der Waals surface area (Å²) in [5.41, 5.74) is 6.05. The molecule has 2 heterocycles. The molecule has 0 unspecified atom stereocenters. The molecule has 0 aliphatic carbocycles. The first kappa shape index (κ1) is 13.1. The summed E-state index contributed by atoms with van der Waals surface area (Å²) in [5.74, 6) is 6.22. The molecule has 2 aromatic heterocycles. The quantitative estimate of drug-likeness (QED) is 0.690. The Morgan fingerprint density at radius 3 is 2.43 bits per heavy atom. The first-order valence-electron chi connectivity index (χ1n) is 6.78. The van der Waals surface area contributed by atoms with Crippen LogP contribution in [0.4, 0.5) is 0 Å². The average molecular weight is 273 g/mol. The predicted molar refractivity (Wildman–Crippen MR) is 83.7 cm³/mol. The molecule has 0 saturated heterocycles. The van der Waals surface area contributed by atoms with Crippen LogP contribution in [0.1, 0.15) is 22.5 Å². The number of pyridine rings is 1. The Morgan fingerprint density at radius 1 is 0.952 bits per heavy atom. The maximum atomic E-state index is 4.37. The number of hydrogen-bond acceptors (Lipinski definition) is 2. The van der Waals surface area contributed by atoms with Crippen molar-refractivity contribution in [2.24, 2.45) is 0 Å². The molecule has 0 amide bonds. The molecular formula is C18H15N3. The second kappa shape index (κ2) is 5.64. The zero-order chi connectivity index (χ0) is 14.7. The van der Waals surface area contributed by atoms with Gasteiger partial charge in [-0.15, -0.1) is 0 Å². The van der Waals surface area contributed by atoms with Crippen LogP contribution in [-0.4, -0.2) is 15.2 Å². The van der Waals surface area contributed by atoms with E-state index in [4.69, 9.17) is 0 Å². The van der Waals surface area contributed by atoms with E-state index >= 15 is 0 Å². The van der Waals surface area contributed by atoms with E-state index < -0.39 is 0 Å². The Hall–Kier alpha value is -2.86. The number of aromatic amines is 1. The van der Waals surface area contributed by atoms with Gasteiger partial charge in [-0.3, -0.25) is 5.10 Å². The molecule has 0 bridgehead atoms. The molecular weight excluding hydrogens is 258 g/mol. The first-order valence-corrected chi connectivity index (χ1v) is 6.78. The van der Waals surface area contributed by atoms with Gasteiger partial charge in [0.1, 0.15) is 5.69 Å². The second-order valence-electron chi connectivity index (χ2n) is 4.92. The van der Waals surface area contributed by atoms with Crippen LogP contribution in [0.5, 0.6) is 0 Å². The number of aromatic nitrogens is 3. The molecule has 1 aromatic carbocycles. The lowest BCUT2D eigenvalue weighted by molar-refractivity contribution is 1.10. The molecule has 0 aliphatic heterocycles. The lowest BCUT2D eigenvalue weighted by atomic mass is 10.1. The largest absolute Gasteiger partial charge is 0.278 e. The van der Waals surface area contributed by atoms with Gasteiger partial charge >= 0.3 is 0 Å². The molecule has 0 aliphatic rings. The molecule has 21 heavy (non-hydrogen) atoms. The highest BCUT2D eigenvalue weighted by Crippen LogP contribution is 2.20. The number of benzene rings is 1. The number of hydrogen-bond donors (Lipinski definition) is 1. The van der Waals surface area contributed by atoms with E-state index in [0.29, 0.717) is 0 Å². The van der Waals surface area contributed by atoms with E-state index in [9.17, 15) is 0 Å². The maximum absolute atomic E-state index is 4.37. The molecule has 3 heteroatoms. The van der Waals surface area contributed by atoms with Crippen LogP contribution in [0, 0.1) is 25.7 Å². The molecule has 1 N–H and O–H groups in total. The van der Waals surface area contributed by atoms with E-state index in [-0.39, 0.29) is 0 Å². The van der Waals surface area contributed by atoms with Gasteiger partial charge in [-0.2, -0.15) is 5.10 Å². The Labute approximate surface area is 124 Å². The molecule has 0 radical (unpaired) electrons. The summed E-state index contributed by atoms with van der Waals surface area (Å²) in [7, 11) is 0. The van der Waals surface area contributed by atoms with Gasteiger partial charge < -0.3 is 0 Å². The molecule has 3 nitrogen and oxygen atoms in total. The van der Waals surface area contributed by atoms with Crippen molar-refractivity contribution < 1.29 is 0 Å². The monoisotopic (exact) mass is 273 g/mol. The Bertz CT molecular complexity index is 817. The van der Waals surface area contributed by atoms with Crippen LogP contribution >= 0.6 is 0 Å². The van der Waals surface area contributed by atoms with Gasteiger partial charge in [0.05, 0.1) is 11.9 Å². The van der Waals surface area contributed by atoms with Crippen LogP contribution in [0.25, 0.3) is 11.3 Å². The van der Waals surface area contributed by atoms with Crippen molar-refractivity contribution >= 4 is 0 Å². The zero-order valence-electron chi connectivity index (χ0n) is 12.0. The van der Waals surface area contributed by atoms with Gasteiger partial charge in [0.15, 0.2) is 0 Å². The minimum atomic E-state index is 0.795. The minimum Gasteiger partial charge on any atom is -0.278 e. The van der Waals surface area contributed by atoms with Gasteiger partial charge in [0.25, 0.3) is 0 Å². The van der Waals surface area contributed by atoms with Crippen molar-refractivity contribution in [3.63, 3.8) is 0 Å². The number of H-pyrrole nitrogens is 1. The standard InChI is InChI=1S/C18H15N3/c1-13-12-19-21-18(13)16-9-6-15(7-10-16)8-11-17-5-3-4-14(2)20-17/h3-7,9-10,12H,1-2H3,(H,19,21). The van der Waals surface area contributed by atoms with E-state index in [1.165, 1.54) is 0 Å². The minimum absolute atomic E-state index is 0.795. The molecule has 0 fully saturated rings. The van der Waals surface area contributed by atoms with Crippen LogP contribution in [0.2, 0.25) is 0 Å². The van der Waals surface area contributed by atoms with Crippen molar-refractivity contribution in [3.8, 4) is 23.1 Å². The van der Waals surface area contributed by atoms with Crippen molar-refractivity contribution in [3.05, 3.63) is 71.2 Å². The summed E-state index contributed by atoms with van der Waals surface area (Å²) in [6.45, 7) is 4.00. The molecule has 0 saturated carbocycles. The third-order valence-corrected chi connectivity index (χ3v) is 3.23. The SMILES string of the molecule is Cc1cccc(C#Cc2ccc(-c3[nH]ncc3C)cc2)n1. The number of aryl methyl sites for hydroxylation is 2. The summed E-state index contributed by atoms with van der Waals surface area (Å²) in [5, 5.41) is 7.05. The summed E-state index contributed by atoms with van der Waals surface area (Å²) in [6.07, 6.45) is 1.83. The zero-order valence-corrected chi connectivity index (χ0v) is 12.0. The summed E-state index contributed by atoms with van der Waals surface area (Å²) < 4.78 is 0. The summed E-state index contributed by atoms with van der Waals surface area (Å²) >= 11 is 0. The fourth-order valence-electron chi connectivity index (χ4n) is 2.11. The Kier molecular flexibility index (Phi) is 3.53. The smallest absolute Gasteiger partial charge is 0.113 e. The summed E-state index contributed by atoms with van der Waals surface area (Å²) in [6, 6.07) is 14.0. The molecule has 3 aromatic rings. The van der Waals surface area contributed by atoms with Crippen molar-refractivity contribution in [1.82, 2.24) is 15.2 Å². The number of rotatable bonds is 1. The third-order valence-electron chi connectivity index (χ3n) is 3.23. The van der Waals surface area contributed by atoms with Crippen molar-refractivity contribution in [1.29, 1.82) is 0 Å². The van der Waals surface area contributed by atoms with Gasteiger partial charge in [0.2, 0.25) is 0 Å². The van der Waals surface area contributed by atoms with Gasteiger partial charge in [-0.25, -0.2) is 4.98 Å². The van der Waals surface area contributed by atoms with E-state index in [1.54, 1.807) is 0 Å². The molecule has 102 valence electrons. The average Bonchev–Trinajstić information content (AvgIpc) is 2.92. The van der Waals surface area contributed by atoms with E-state index in [0.717, 1.165) is 33.8 Å². The van der Waals surface area contributed by atoms with Crippen molar-refractivity contribution in [2.75, 3.05) is 0 Å². The van der Waals surface area contributed by atoms with Gasteiger partial charge in [-0.05, 0) is 55.2 Å². The lowest BCUT2D eigenvalue weighted by Crippen LogP contribution is -1.85. The highest BCUT2D eigenvalue weighted by atomic mass is 15.1. The van der Waals surface area contributed by atoms with Crippen molar-refractivity contribution in [2.45, 2.75) is 13.8 Å². The normalized spacial score (nSPS) is 10.0. The lowest BCUT2D eigenvalue weighted by Gasteiger charge is -1.99. The third kappa shape index (κ3) is 3.01. The van der Waals surface area contributed by atoms with Crippen LogP contribution in [0.3, 0.4) is 0 Å². The highest BCUT2D eigenvalue weighted by Gasteiger charge is 2.02. The Morgan fingerprint density at radius 2 is 1.76 bits per heavy atom.